The highest BCUT2D eigenvalue weighted by molar-refractivity contribution is 14.1. The highest BCUT2D eigenvalue weighted by atomic mass is 127. The zero-order chi connectivity index (χ0) is 30.0. The van der Waals surface area contributed by atoms with Gasteiger partial charge in [-0.05, 0) is 29.5 Å². The Hall–Kier alpha value is -2.71. The van der Waals surface area contributed by atoms with Crippen LogP contribution < -0.4 is 15.9 Å². The van der Waals surface area contributed by atoms with Gasteiger partial charge >= 0.3 is 0 Å². The first-order valence-electron chi connectivity index (χ1n) is 13.5. The molecule has 0 bridgehead atoms. The SMILES string of the molecule is C/C(I)=C(\O)COC1O[C@@H](n2cnc3c(N=P(c4ccccc4)(c4ccccc4)c4ccccc4)ncnc32)C(F)[C@@H]1I. The van der Waals surface area contributed by atoms with Crippen LogP contribution in [0, 0.1) is 0 Å². The lowest BCUT2D eigenvalue weighted by molar-refractivity contribution is -0.147. The molecule has 1 aliphatic heterocycles. The second-order valence-corrected chi connectivity index (χ2v) is 15.9. The van der Waals surface area contributed by atoms with Crippen molar-refractivity contribution in [2.75, 3.05) is 6.61 Å². The van der Waals surface area contributed by atoms with Crippen molar-refractivity contribution < 1.29 is 19.0 Å². The first-order valence-corrected chi connectivity index (χ1v) is 17.5. The summed E-state index contributed by atoms with van der Waals surface area (Å²) in [4.78, 5) is 13.7. The molecule has 220 valence electrons. The molecule has 2 unspecified atom stereocenters. The number of hydrogen-bond donors (Lipinski definition) is 1. The van der Waals surface area contributed by atoms with Gasteiger partial charge in [0, 0.05) is 19.5 Å². The number of nitrogens with zero attached hydrogens (tertiary/aromatic N) is 5. The molecule has 2 aromatic heterocycles. The smallest absolute Gasteiger partial charge is 0.183 e. The number of aliphatic hydroxyl groups excluding tert-OH is 1. The molecule has 0 amide bonds. The van der Waals surface area contributed by atoms with E-state index in [0.717, 1.165) is 15.9 Å². The number of fused-ring (bicyclic) bond motifs is 1. The highest BCUT2D eigenvalue weighted by Crippen LogP contribution is 2.49. The number of imidazole rings is 1. The van der Waals surface area contributed by atoms with Crippen LogP contribution in [-0.4, -0.2) is 47.6 Å². The van der Waals surface area contributed by atoms with E-state index in [0.29, 0.717) is 20.6 Å². The van der Waals surface area contributed by atoms with E-state index in [2.05, 4.69) is 51.4 Å². The fraction of sp³-hybridized carbons (Fsp3) is 0.194. The molecule has 1 fully saturated rings. The number of aliphatic hydroxyl groups is 1. The quantitative estimate of drug-likeness (QED) is 0.0796. The van der Waals surface area contributed by atoms with Crippen molar-refractivity contribution in [2.45, 2.75) is 29.5 Å². The van der Waals surface area contributed by atoms with Crippen molar-refractivity contribution in [3.8, 4) is 0 Å². The summed E-state index contributed by atoms with van der Waals surface area (Å²) in [6.07, 6.45) is -0.354. The van der Waals surface area contributed by atoms with Gasteiger partial charge in [0.15, 0.2) is 35.7 Å². The minimum Gasteiger partial charge on any atom is -0.509 e. The Morgan fingerprint density at radius 3 is 2.05 bits per heavy atom. The summed E-state index contributed by atoms with van der Waals surface area (Å²) in [5, 5.41) is 13.2. The Bertz CT molecular complexity index is 1700. The molecular formula is C31H27FI2N5O3P. The van der Waals surface area contributed by atoms with Crippen molar-refractivity contribution in [1.29, 1.82) is 0 Å². The van der Waals surface area contributed by atoms with E-state index in [1.165, 1.54) is 12.7 Å². The fourth-order valence-electron chi connectivity index (χ4n) is 5.00. The number of alkyl halides is 2. The van der Waals surface area contributed by atoms with Crippen LogP contribution >= 0.6 is 52.2 Å². The third-order valence-corrected chi connectivity index (χ3v) is 12.7. The van der Waals surface area contributed by atoms with Crippen LogP contribution in [0.15, 0.2) is 118 Å². The first kappa shape index (κ1) is 30.3. The Kier molecular flexibility index (Phi) is 9.24. The Morgan fingerprint density at radius 1 is 0.953 bits per heavy atom. The molecule has 0 radical (unpaired) electrons. The second-order valence-electron chi connectivity index (χ2n) is 9.84. The Balaban J connectivity index is 1.49. The van der Waals surface area contributed by atoms with Gasteiger partial charge in [0.2, 0.25) is 0 Å². The molecule has 3 aromatic carbocycles. The molecule has 0 saturated carbocycles. The van der Waals surface area contributed by atoms with E-state index in [9.17, 15) is 5.11 Å². The summed E-state index contributed by atoms with van der Waals surface area (Å²) >= 11 is 4.00. The van der Waals surface area contributed by atoms with Gasteiger partial charge in [-0.3, -0.25) is 4.57 Å². The molecule has 3 heterocycles. The highest BCUT2D eigenvalue weighted by Gasteiger charge is 2.46. The van der Waals surface area contributed by atoms with Gasteiger partial charge in [0.1, 0.15) is 18.7 Å². The van der Waals surface area contributed by atoms with E-state index < -0.39 is 29.7 Å². The Labute approximate surface area is 275 Å². The van der Waals surface area contributed by atoms with Gasteiger partial charge in [-0.1, -0.05) is 114 Å². The molecule has 1 N–H and O–H groups in total. The predicted molar refractivity (Wildman–Crippen MR) is 184 cm³/mol. The largest absolute Gasteiger partial charge is 0.509 e. The molecule has 12 heteroatoms. The third-order valence-electron chi connectivity index (χ3n) is 7.14. The van der Waals surface area contributed by atoms with Crippen molar-refractivity contribution in [2.24, 2.45) is 4.74 Å². The van der Waals surface area contributed by atoms with E-state index in [4.69, 9.17) is 14.2 Å². The van der Waals surface area contributed by atoms with Crippen molar-refractivity contribution >= 4 is 85.1 Å². The molecule has 0 aliphatic carbocycles. The van der Waals surface area contributed by atoms with Gasteiger partial charge < -0.3 is 14.6 Å². The zero-order valence-corrected chi connectivity index (χ0v) is 28.1. The van der Waals surface area contributed by atoms with Gasteiger partial charge in [-0.2, -0.15) is 0 Å². The van der Waals surface area contributed by atoms with Gasteiger partial charge in [0.25, 0.3) is 0 Å². The molecule has 5 aromatic rings. The first-order chi connectivity index (χ1) is 20.9. The average Bonchev–Trinajstić information content (AvgIpc) is 3.60. The van der Waals surface area contributed by atoms with Gasteiger partial charge in [0.05, 0.1) is 17.3 Å². The Morgan fingerprint density at radius 2 is 1.51 bits per heavy atom. The van der Waals surface area contributed by atoms with Crippen LogP contribution in [0.4, 0.5) is 10.2 Å². The molecule has 1 saturated heterocycles. The molecular weight excluding hydrogens is 794 g/mol. The lowest BCUT2D eigenvalue weighted by atomic mass is 10.3. The van der Waals surface area contributed by atoms with E-state index >= 15 is 4.39 Å². The lowest BCUT2D eigenvalue weighted by Gasteiger charge is -2.26. The molecule has 1 aliphatic rings. The fourth-order valence-corrected chi connectivity index (χ4v) is 9.37. The predicted octanol–water partition coefficient (Wildman–Crippen LogP) is 6.87. The summed E-state index contributed by atoms with van der Waals surface area (Å²) < 4.78 is 34.5. The van der Waals surface area contributed by atoms with E-state index in [-0.39, 0.29) is 12.4 Å². The summed E-state index contributed by atoms with van der Waals surface area (Å²) in [6, 6.07) is 30.7. The molecule has 6 rings (SSSR count). The summed E-state index contributed by atoms with van der Waals surface area (Å²) in [7, 11) is -2.62. The molecule has 4 atom stereocenters. The second kappa shape index (κ2) is 13.1. The monoisotopic (exact) mass is 821 g/mol. The number of hydrogen-bond acceptors (Lipinski definition) is 7. The number of benzene rings is 3. The molecule has 43 heavy (non-hydrogen) atoms. The van der Waals surface area contributed by atoms with Crippen LogP contribution in [-0.2, 0) is 9.47 Å². The number of halogens is 3. The maximum Gasteiger partial charge on any atom is 0.183 e. The molecule has 8 nitrogen and oxygen atoms in total. The maximum atomic E-state index is 15.6. The molecule has 0 spiro atoms. The van der Waals surface area contributed by atoms with Crippen LogP contribution in [0.3, 0.4) is 0 Å². The number of aromatic nitrogens is 4. The van der Waals surface area contributed by atoms with Crippen LogP contribution in [0.2, 0.25) is 0 Å². The maximum absolute atomic E-state index is 15.6. The lowest BCUT2D eigenvalue weighted by Crippen LogP contribution is -2.25. The van der Waals surface area contributed by atoms with Gasteiger partial charge in [-0.15, -0.1) is 0 Å². The van der Waals surface area contributed by atoms with Crippen LogP contribution in [0.25, 0.3) is 11.2 Å². The van der Waals surface area contributed by atoms with Gasteiger partial charge in [-0.25, -0.2) is 24.1 Å². The van der Waals surface area contributed by atoms with E-state index in [1.807, 2.05) is 99.8 Å². The summed E-state index contributed by atoms with van der Waals surface area (Å²) in [6.45, 7) is 1.69. The third kappa shape index (κ3) is 5.89. The normalized spacial score (nSPS) is 21.1. The zero-order valence-electron chi connectivity index (χ0n) is 22.9. The number of ether oxygens (including phenoxy) is 2. The van der Waals surface area contributed by atoms with Crippen molar-refractivity contribution in [3.63, 3.8) is 0 Å². The topological polar surface area (TPSA) is 94.7 Å². The standard InChI is InChI=1S/C31H27FI2N5O3P/c1-20(33)24(40)17-41-31-26(34)25(32)30(42-31)39-19-37-27-28(35-18-36-29(27)39)38-43(21-11-5-2-6-12-21,22-13-7-3-8-14-22)23-15-9-4-10-16-23/h2-16,18-19,25-26,30-31,40H,17H2,1H3/b24-20+/t25?,26-,30+,31?/m0/s1. The van der Waals surface area contributed by atoms with Crippen LogP contribution in [0.5, 0.6) is 0 Å². The van der Waals surface area contributed by atoms with Crippen molar-refractivity contribution in [1.82, 2.24) is 19.5 Å². The van der Waals surface area contributed by atoms with Crippen LogP contribution in [0.1, 0.15) is 13.2 Å². The number of allylic oxidation sites excluding steroid dienone is 1. The number of rotatable bonds is 8. The summed E-state index contributed by atoms with van der Waals surface area (Å²) in [5.74, 6) is 0.495. The summed E-state index contributed by atoms with van der Waals surface area (Å²) in [5.41, 5.74) is 0.852. The average molecular weight is 821 g/mol. The van der Waals surface area contributed by atoms with Crippen molar-refractivity contribution in [3.05, 3.63) is 113 Å². The minimum absolute atomic E-state index is 0.0709. The van der Waals surface area contributed by atoms with E-state index in [1.54, 1.807) is 11.5 Å². The minimum atomic E-state index is -2.62.